The average molecular weight is 202 g/mol. The molecule has 78 valence electrons. The van der Waals surface area contributed by atoms with Crippen molar-refractivity contribution in [2.24, 2.45) is 0 Å². The van der Waals surface area contributed by atoms with E-state index in [0.29, 0.717) is 11.8 Å². The Balaban J connectivity index is 2.00. The molecule has 1 aromatic rings. The molecule has 0 unspecified atom stereocenters. The van der Waals surface area contributed by atoms with Crippen LogP contribution >= 0.6 is 0 Å². The fraction of sp³-hybridized carbons (Fsp3) is 0.500. The summed E-state index contributed by atoms with van der Waals surface area (Å²) in [5.41, 5.74) is 0.420. The standard InChI is InChI=1S/C12H14N2O/c13-9-10-8-12(6-7-14-10)15-11-4-2-1-3-5-11/h6-8,11H,1-5H2. The molecule has 1 aliphatic carbocycles. The summed E-state index contributed by atoms with van der Waals surface area (Å²) in [5.74, 6) is 0.772. The SMILES string of the molecule is N#Cc1cc(OC2CCCCC2)ccn1. The van der Waals surface area contributed by atoms with Gasteiger partial charge in [-0.15, -0.1) is 0 Å². The van der Waals surface area contributed by atoms with E-state index in [-0.39, 0.29) is 0 Å². The predicted octanol–water partition coefficient (Wildman–Crippen LogP) is 2.66. The summed E-state index contributed by atoms with van der Waals surface area (Å²) >= 11 is 0. The zero-order chi connectivity index (χ0) is 10.5. The van der Waals surface area contributed by atoms with Crippen LogP contribution in [-0.2, 0) is 0 Å². The second-order valence-electron chi connectivity index (χ2n) is 3.87. The first-order chi connectivity index (χ1) is 7.38. The Morgan fingerprint density at radius 1 is 1.33 bits per heavy atom. The van der Waals surface area contributed by atoms with E-state index in [9.17, 15) is 0 Å². The summed E-state index contributed by atoms with van der Waals surface area (Å²) in [4.78, 5) is 3.91. The molecule has 0 aliphatic heterocycles. The Bertz CT molecular complexity index is 364. The molecule has 1 heterocycles. The molecule has 15 heavy (non-hydrogen) atoms. The summed E-state index contributed by atoms with van der Waals surface area (Å²) in [6.07, 6.45) is 8.03. The highest BCUT2D eigenvalue weighted by atomic mass is 16.5. The van der Waals surface area contributed by atoms with Crippen LogP contribution in [0.25, 0.3) is 0 Å². The maximum Gasteiger partial charge on any atom is 0.144 e. The van der Waals surface area contributed by atoms with Gasteiger partial charge in [0.05, 0.1) is 6.10 Å². The van der Waals surface area contributed by atoms with Crippen molar-refractivity contribution in [2.45, 2.75) is 38.2 Å². The van der Waals surface area contributed by atoms with Gasteiger partial charge in [-0.1, -0.05) is 6.42 Å². The quantitative estimate of drug-likeness (QED) is 0.740. The van der Waals surface area contributed by atoms with Gasteiger partial charge in [-0.25, -0.2) is 4.98 Å². The second kappa shape index (κ2) is 4.79. The van der Waals surface area contributed by atoms with Crippen LogP contribution in [0.5, 0.6) is 5.75 Å². The van der Waals surface area contributed by atoms with Crippen LogP contribution in [0.2, 0.25) is 0 Å². The fourth-order valence-electron chi connectivity index (χ4n) is 1.92. The van der Waals surface area contributed by atoms with Gasteiger partial charge in [-0.2, -0.15) is 5.26 Å². The van der Waals surface area contributed by atoms with Crippen molar-refractivity contribution < 1.29 is 4.74 Å². The van der Waals surface area contributed by atoms with Crippen LogP contribution in [0.1, 0.15) is 37.8 Å². The van der Waals surface area contributed by atoms with E-state index in [4.69, 9.17) is 10.00 Å². The molecule has 1 aliphatic rings. The van der Waals surface area contributed by atoms with Crippen LogP contribution in [0.4, 0.5) is 0 Å². The fourth-order valence-corrected chi connectivity index (χ4v) is 1.92. The molecule has 0 bridgehead atoms. The van der Waals surface area contributed by atoms with Crippen molar-refractivity contribution in [3.05, 3.63) is 24.0 Å². The number of hydrogen-bond acceptors (Lipinski definition) is 3. The highest BCUT2D eigenvalue weighted by Gasteiger charge is 2.14. The zero-order valence-corrected chi connectivity index (χ0v) is 8.65. The molecule has 0 saturated heterocycles. The molecule has 0 amide bonds. The van der Waals surface area contributed by atoms with Crippen LogP contribution in [0.3, 0.4) is 0 Å². The predicted molar refractivity (Wildman–Crippen MR) is 56.5 cm³/mol. The van der Waals surface area contributed by atoms with Crippen LogP contribution < -0.4 is 4.74 Å². The smallest absolute Gasteiger partial charge is 0.144 e. The number of rotatable bonds is 2. The van der Waals surface area contributed by atoms with E-state index in [1.54, 1.807) is 12.3 Å². The monoisotopic (exact) mass is 202 g/mol. The Labute approximate surface area is 89.7 Å². The molecule has 0 atom stereocenters. The summed E-state index contributed by atoms with van der Waals surface area (Å²) in [7, 11) is 0. The first-order valence-corrected chi connectivity index (χ1v) is 5.41. The first kappa shape index (κ1) is 9.97. The molecule has 3 nitrogen and oxygen atoms in total. The van der Waals surface area contributed by atoms with E-state index in [2.05, 4.69) is 4.98 Å². The lowest BCUT2D eigenvalue weighted by Gasteiger charge is -2.22. The molecule has 1 fully saturated rings. The molecular weight excluding hydrogens is 188 g/mol. The van der Waals surface area contributed by atoms with Gasteiger partial charge in [0.1, 0.15) is 17.5 Å². The Morgan fingerprint density at radius 3 is 2.87 bits per heavy atom. The normalized spacial score (nSPS) is 17.0. The lowest BCUT2D eigenvalue weighted by molar-refractivity contribution is 0.155. The maximum atomic E-state index is 8.70. The summed E-state index contributed by atoms with van der Waals surface area (Å²) < 4.78 is 5.81. The van der Waals surface area contributed by atoms with Gasteiger partial charge in [0.25, 0.3) is 0 Å². The van der Waals surface area contributed by atoms with Gasteiger partial charge >= 0.3 is 0 Å². The average Bonchev–Trinajstić information content (AvgIpc) is 2.31. The third kappa shape index (κ3) is 2.69. The minimum atomic E-state index is 0.327. The van der Waals surface area contributed by atoms with E-state index >= 15 is 0 Å². The largest absolute Gasteiger partial charge is 0.490 e. The Hall–Kier alpha value is -1.56. The molecule has 1 saturated carbocycles. The second-order valence-corrected chi connectivity index (χ2v) is 3.87. The number of aromatic nitrogens is 1. The molecule has 2 rings (SSSR count). The van der Waals surface area contributed by atoms with E-state index in [1.165, 1.54) is 19.3 Å². The zero-order valence-electron chi connectivity index (χ0n) is 8.65. The Morgan fingerprint density at radius 2 is 2.13 bits per heavy atom. The highest BCUT2D eigenvalue weighted by molar-refractivity contribution is 5.29. The molecule has 0 aromatic carbocycles. The lowest BCUT2D eigenvalue weighted by atomic mass is 9.98. The van der Waals surface area contributed by atoms with Crippen molar-refractivity contribution in [3.63, 3.8) is 0 Å². The number of hydrogen-bond donors (Lipinski definition) is 0. The van der Waals surface area contributed by atoms with Crippen molar-refractivity contribution in [1.29, 1.82) is 5.26 Å². The molecule has 0 radical (unpaired) electrons. The number of pyridine rings is 1. The van der Waals surface area contributed by atoms with Crippen LogP contribution in [-0.4, -0.2) is 11.1 Å². The van der Waals surface area contributed by atoms with E-state index in [0.717, 1.165) is 18.6 Å². The number of nitriles is 1. The highest BCUT2D eigenvalue weighted by Crippen LogP contribution is 2.23. The van der Waals surface area contributed by atoms with Gasteiger partial charge in [-0.3, -0.25) is 0 Å². The minimum Gasteiger partial charge on any atom is -0.490 e. The van der Waals surface area contributed by atoms with Gasteiger partial charge in [0, 0.05) is 12.3 Å². The molecule has 0 N–H and O–H groups in total. The van der Waals surface area contributed by atoms with E-state index < -0.39 is 0 Å². The minimum absolute atomic E-state index is 0.327. The van der Waals surface area contributed by atoms with E-state index in [1.807, 2.05) is 12.1 Å². The molecular formula is C12H14N2O. The topological polar surface area (TPSA) is 45.9 Å². The van der Waals surface area contributed by atoms with Crippen LogP contribution in [0.15, 0.2) is 18.3 Å². The lowest BCUT2D eigenvalue weighted by Crippen LogP contribution is -2.19. The van der Waals surface area contributed by atoms with Crippen molar-refractivity contribution >= 4 is 0 Å². The molecule has 1 aromatic heterocycles. The van der Waals surface area contributed by atoms with Crippen molar-refractivity contribution in [2.75, 3.05) is 0 Å². The first-order valence-electron chi connectivity index (χ1n) is 5.41. The number of nitrogens with zero attached hydrogens (tertiary/aromatic N) is 2. The Kier molecular flexibility index (Phi) is 3.18. The molecule has 0 spiro atoms. The summed E-state index contributed by atoms with van der Waals surface area (Å²) in [5, 5.41) is 8.70. The summed E-state index contributed by atoms with van der Waals surface area (Å²) in [6, 6.07) is 5.53. The number of ether oxygens (including phenoxy) is 1. The maximum absolute atomic E-state index is 8.70. The third-order valence-corrected chi connectivity index (χ3v) is 2.70. The van der Waals surface area contributed by atoms with Crippen molar-refractivity contribution in [3.8, 4) is 11.8 Å². The van der Waals surface area contributed by atoms with Gasteiger partial charge in [-0.05, 0) is 31.7 Å². The van der Waals surface area contributed by atoms with Gasteiger partial charge in [0.15, 0.2) is 0 Å². The van der Waals surface area contributed by atoms with Gasteiger partial charge < -0.3 is 4.74 Å². The van der Waals surface area contributed by atoms with Crippen molar-refractivity contribution in [1.82, 2.24) is 4.98 Å². The third-order valence-electron chi connectivity index (χ3n) is 2.70. The van der Waals surface area contributed by atoms with Gasteiger partial charge in [0.2, 0.25) is 0 Å². The molecule has 3 heteroatoms. The van der Waals surface area contributed by atoms with Crippen LogP contribution in [0, 0.1) is 11.3 Å². The summed E-state index contributed by atoms with van der Waals surface area (Å²) in [6.45, 7) is 0.